The number of piperidine rings is 1. The first-order valence-electron chi connectivity index (χ1n) is 11.2. The molecule has 4 amide bonds. The fraction of sp³-hybridized carbons (Fsp3) is 0.333. The van der Waals surface area contributed by atoms with E-state index >= 15 is 0 Å². The fourth-order valence-corrected chi connectivity index (χ4v) is 6.54. The van der Waals surface area contributed by atoms with Crippen LogP contribution in [-0.4, -0.2) is 42.4 Å². The van der Waals surface area contributed by atoms with Gasteiger partial charge in [-0.1, -0.05) is 19.1 Å². The van der Waals surface area contributed by atoms with Crippen molar-refractivity contribution >= 4 is 39.3 Å². The summed E-state index contributed by atoms with van der Waals surface area (Å²) < 4.78 is 26.6. The Morgan fingerprint density at radius 1 is 1.12 bits per heavy atom. The zero-order valence-electron chi connectivity index (χ0n) is 18.5. The van der Waals surface area contributed by atoms with Crippen molar-refractivity contribution in [1.29, 1.82) is 0 Å². The number of benzene rings is 2. The first kappa shape index (κ1) is 22.3. The van der Waals surface area contributed by atoms with E-state index in [2.05, 4.69) is 10.6 Å². The molecular formula is C24H23N3O6S. The average molecular weight is 482 g/mol. The monoisotopic (exact) mass is 481 g/mol. The van der Waals surface area contributed by atoms with Gasteiger partial charge >= 0.3 is 0 Å². The van der Waals surface area contributed by atoms with Crippen molar-refractivity contribution in [2.24, 2.45) is 0 Å². The maximum atomic E-state index is 12.8. The highest BCUT2D eigenvalue weighted by Crippen LogP contribution is 2.40. The van der Waals surface area contributed by atoms with Gasteiger partial charge < -0.3 is 5.32 Å². The molecule has 2 aliphatic heterocycles. The van der Waals surface area contributed by atoms with Crippen molar-refractivity contribution in [3.05, 3.63) is 59.2 Å². The van der Waals surface area contributed by atoms with E-state index in [1.54, 1.807) is 24.3 Å². The summed E-state index contributed by atoms with van der Waals surface area (Å²) in [6.45, 7) is 1.89. The van der Waals surface area contributed by atoms with Crippen LogP contribution in [0.4, 0.5) is 5.69 Å². The fourth-order valence-electron chi connectivity index (χ4n) is 4.70. The van der Waals surface area contributed by atoms with E-state index in [0.29, 0.717) is 31.4 Å². The summed E-state index contributed by atoms with van der Waals surface area (Å²) in [5, 5.41) is 5.13. The van der Waals surface area contributed by atoms with Gasteiger partial charge in [0.05, 0.1) is 11.0 Å². The zero-order chi connectivity index (χ0) is 24.3. The summed E-state index contributed by atoms with van der Waals surface area (Å²) in [6, 6.07) is 10.6. The third kappa shape index (κ3) is 3.40. The number of rotatable bonds is 5. The molecular weight excluding hydrogens is 458 g/mol. The molecule has 1 unspecified atom stereocenters. The summed E-state index contributed by atoms with van der Waals surface area (Å²) in [5.41, 5.74) is 0.616. The van der Waals surface area contributed by atoms with Gasteiger partial charge in [-0.25, -0.2) is 12.7 Å². The van der Waals surface area contributed by atoms with Gasteiger partial charge in [0.25, 0.3) is 21.8 Å². The van der Waals surface area contributed by atoms with E-state index in [9.17, 15) is 27.6 Å². The molecule has 2 N–H and O–H groups in total. The largest absolute Gasteiger partial charge is 0.322 e. The Morgan fingerprint density at radius 3 is 2.44 bits per heavy atom. The molecule has 2 aromatic rings. The number of carbonyl (C=O) groups is 4. The summed E-state index contributed by atoms with van der Waals surface area (Å²) >= 11 is 0. The van der Waals surface area contributed by atoms with Crippen LogP contribution in [0.3, 0.4) is 0 Å². The van der Waals surface area contributed by atoms with Crippen molar-refractivity contribution in [2.75, 3.05) is 5.32 Å². The van der Waals surface area contributed by atoms with Crippen LogP contribution in [0.5, 0.6) is 0 Å². The molecule has 1 saturated carbocycles. The predicted octanol–water partition coefficient (Wildman–Crippen LogP) is 2.33. The van der Waals surface area contributed by atoms with E-state index in [1.807, 2.05) is 6.92 Å². The first-order valence-corrected chi connectivity index (χ1v) is 12.6. The van der Waals surface area contributed by atoms with Gasteiger partial charge in [0.15, 0.2) is 0 Å². The SMILES string of the molecule is CCC1(c2ccc(NC(=O)c3ccc4c(c3)S(=O)(=O)N(C3CC3)C4=O)cc2)CCC(=O)NC1=O. The second-order valence-electron chi connectivity index (χ2n) is 8.89. The minimum absolute atomic E-state index is 0.0851. The zero-order valence-corrected chi connectivity index (χ0v) is 19.3. The lowest BCUT2D eigenvalue weighted by atomic mass is 9.72. The Balaban J connectivity index is 1.36. The molecule has 0 aromatic heterocycles. The quantitative estimate of drug-likeness (QED) is 0.631. The number of anilines is 1. The lowest BCUT2D eigenvalue weighted by Gasteiger charge is -2.35. The van der Waals surface area contributed by atoms with Gasteiger partial charge in [-0.15, -0.1) is 0 Å². The molecule has 1 atom stereocenters. The van der Waals surface area contributed by atoms with E-state index in [1.165, 1.54) is 18.2 Å². The maximum Gasteiger partial charge on any atom is 0.269 e. The molecule has 9 nitrogen and oxygen atoms in total. The van der Waals surface area contributed by atoms with Crippen LogP contribution in [0.15, 0.2) is 47.4 Å². The van der Waals surface area contributed by atoms with E-state index < -0.39 is 27.3 Å². The minimum Gasteiger partial charge on any atom is -0.322 e. The number of amides is 4. The summed E-state index contributed by atoms with van der Waals surface area (Å²) in [4.78, 5) is 49.3. The average Bonchev–Trinajstić information content (AvgIpc) is 3.61. The van der Waals surface area contributed by atoms with Gasteiger partial charge in [-0.2, -0.15) is 0 Å². The maximum absolute atomic E-state index is 12.8. The van der Waals surface area contributed by atoms with Gasteiger partial charge in [-0.3, -0.25) is 24.5 Å². The number of nitrogens with one attached hydrogen (secondary N) is 2. The van der Waals surface area contributed by atoms with E-state index in [0.717, 1.165) is 9.87 Å². The Labute approximate surface area is 196 Å². The number of imide groups is 1. The second-order valence-corrected chi connectivity index (χ2v) is 10.7. The van der Waals surface area contributed by atoms with Gasteiger partial charge in [0, 0.05) is 23.7 Å². The normalized spacial score (nSPS) is 23.4. The molecule has 2 heterocycles. The summed E-state index contributed by atoms with van der Waals surface area (Å²) in [5.74, 6) is -1.67. The Hall–Kier alpha value is -3.53. The van der Waals surface area contributed by atoms with Crippen LogP contribution < -0.4 is 10.6 Å². The number of nitrogens with zero attached hydrogens (tertiary/aromatic N) is 1. The Bertz CT molecular complexity index is 1350. The molecule has 0 bridgehead atoms. The standard InChI is InChI=1S/C24H23N3O6S/c1-2-24(12-11-20(28)26-23(24)31)15-4-6-16(7-5-15)25-21(29)14-3-10-18-19(13-14)34(32,33)27(22(18)30)17-8-9-17/h3-7,10,13,17H,2,8-9,11-12H2,1H3,(H,25,29)(H,26,28,31). The molecule has 1 aliphatic carbocycles. The van der Waals surface area contributed by atoms with Crippen molar-refractivity contribution < 1.29 is 27.6 Å². The van der Waals surface area contributed by atoms with Gasteiger partial charge in [0.2, 0.25) is 11.8 Å². The summed E-state index contributed by atoms with van der Waals surface area (Å²) in [6.07, 6.45) is 2.51. The highest BCUT2D eigenvalue weighted by Gasteiger charge is 2.49. The van der Waals surface area contributed by atoms with Crippen molar-refractivity contribution in [1.82, 2.24) is 9.62 Å². The number of hydrogen-bond donors (Lipinski definition) is 2. The molecule has 2 fully saturated rings. The predicted molar refractivity (Wildman–Crippen MR) is 122 cm³/mol. The Kier molecular flexibility index (Phi) is 5.09. The second kappa shape index (κ2) is 7.76. The topological polar surface area (TPSA) is 130 Å². The Morgan fingerprint density at radius 2 is 1.82 bits per heavy atom. The molecule has 0 spiro atoms. The third-order valence-corrected chi connectivity index (χ3v) is 8.73. The van der Waals surface area contributed by atoms with Crippen LogP contribution in [-0.2, 0) is 25.0 Å². The highest BCUT2D eigenvalue weighted by molar-refractivity contribution is 7.90. The van der Waals surface area contributed by atoms with Crippen molar-refractivity contribution in [3.8, 4) is 0 Å². The van der Waals surface area contributed by atoms with Crippen molar-refractivity contribution in [3.63, 3.8) is 0 Å². The minimum atomic E-state index is -3.96. The highest BCUT2D eigenvalue weighted by atomic mass is 32.2. The van der Waals surface area contributed by atoms with Gasteiger partial charge in [-0.05, 0) is 61.6 Å². The van der Waals surface area contributed by atoms with E-state index in [-0.39, 0.29) is 40.3 Å². The smallest absolute Gasteiger partial charge is 0.269 e. The van der Waals surface area contributed by atoms with Crippen LogP contribution >= 0.6 is 0 Å². The number of hydrogen-bond acceptors (Lipinski definition) is 6. The van der Waals surface area contributed by atoms with Crippen LogP contribution in [0.25, 0.3) is 0 Å². The van der Waals surface area contributed by atoms with Crippen LogP contribution in [0.2, 0.25) is 0 Å². The van der Waals surface area contributed by atoms with Crippen LogP contribution in [0.1, 0.15) is 65.3 Å². The number of carbonyl (C=O) groups excluding carboxylic acids is 4. The van der Waals surface area contributed by atoms with E-state index in [4.69, 9.17) is 0 Å². The third-order valence-electron chi connectivity index (χ3n) is 6.86. The first-order chi connectivity index (χ1) is 16.2. The molecule has 1 saturated heterocycles. The number of fused-ring (bicyclic) bond motifs is 1. The summed E-state index contributed by atoms with van der Waals surface area (Å²) in [7, 11) is -3.96. The van der Waals surface area contributed by atoms with Crippen LogP contribution in [0, 0.1) is 0 Å². The molecule has 34 heavy (non-hydrogen) atoms. The van der Waals surface area contributed by atoms with Gasteiger partial charge in [0.1, 0.15) is 4.90 Å². The lowest BCUT2D eigenvalue weighted by Crippen LogP contribution is -2.51. The molecule has 3 aliphatic rings. The van der Waals surface area contributed by atoms with Crippen molar-refractivity contribution in [2.45, 2.75) is 55.4 Å². The molecule has 0 radical (unpaired) electrons. The molecule has 5 rings (SSSR count). The molecule has 2 aromatic carbocycles. The number of sulfonamides is 1. The molecule has 10 heteroatoms. The molecule has 176 valence electrons. The lowest BCUT2D eigenvalue weighted by molar-refractivity contribution is -0.138.